The van der Waals surface area contributed by atoms with Crippen LogP contribution in [0, 0.1) is 0 Å². The summed E-state index contributed by atoms with van der Waals surface area (Å²) in [5.41, 5.74) is 0.956. The minimum absolute atomic E-state index is 0.00814. The first-order valence-corrected chi connectivity index (χ1v) is 10.3. The van der Waals surface area contributed by atoms with E-state index in [1.54, 1.807) is 17.8 Å². The number of carbonyl (C=O) groups excluding carboxylic acids is 1. The molecule has 0 N–H and O–H groups in total. The van der Waals surface area contributed by atoms with Crippen molar-refractivity contribution in [1.29, 1.82) is 0 Å². The molecule has 128 valence electrons. The second-order valence-electron chi connectivity index (χ2n) is 5.97. The Bertz CT molecular complexity index is 524. The Morgan fingerprint density at radius 2 is 1.96 bits per heavy atom. The van der Waals surface area contributed by atoms with Gasteiger partial charge in [-0.1, -0.05) is 74.4 Å². The summed E-state index contributed by atoms with van der Waals surface area (Å²) in [4.78, 5) is 14.5. The number of thioether (sulfide) groups is 1. The maximum Gasteiger partial charge on any atom is 0.223 e. The van der Waals surface area contributed by atoms with Crippen LogP contribution in [0.1, 0.15) is 62.8 Å². The Kier molecular flexibility index (Phi) is 8.08. The summed E-state index contributed by atoms with van der Waals surface area (Å²) < 4.78 is 0. The Hall–Kier alpha value is -0.380. The van der Waals surface area contributed by atoms with E-state index in [1.165, 1.54) is 25.7 Å². The highest BCUT2D eigenvalue weighted by atomic mass is 35.5. The largest absolute Gasteiger partial charge is 0.326 e. The zero-order chi connectivity index (χ0) is 16.7. The molecule has 1 aromatic rings. The zero-order valence-corrected chi connectivity index (χ0v) is 16.0. The summed E-state index contributed by atoms with van der Waals surface area (Å²) in [6.45, 7) is 3.02. The minimum atomic E-state index is 0.00814. The molecule has 1 fully saturated rings. The number of hydrogen-bond acceptors (Lipinski definition) is 2. The number of benzene rings is 1. The first-order chi connectivity index (χ1) is 11.1. The van der Waals surface area contributed by atoms with Crippen LogP contribution in [-0.2, 0) is 4.79 Å². The highest BCUT2D eigenvalue weighted by Gasteiger charge is 2.31. The smallest absolute Gasteiger partial charge is 0.223 e. The fourth-order valence-corrected chi connectivity index (χ4v) is 4.67. The molecule has 1 aliphatic rings. The van der Waals surface area contributed by atoms with E-state index >= 15 is 0 Å². The molecule has 1 aromatic carbocycles. The Balaban J connectivity index is 1.88. The average Bonchev–Trinajstić information content (AvgIpc) is 3.02. The van der Waals surface area contributed by atoms with Gasteiger partial charge in [-0.05, 0) is 12.5 Å². The molecule has 5 heteroatoms. The van der Waals surface area contributed by atoms with Crippen LogP contribution < -0.4 is 0 Å². The van der Waals surface area contributed by atoms with Crippen molar-refractivity contribution in [2.24, 2.45) is 0 Å². The third kappa shape index (κ3) is 5.30. The van der Waals surface area contributed by atoms with E-state index in [0.29, 0.717) is 16.5 Å². The molecule has 0 bridgehead atoms. The van der Waals surface area contributed by atoms with Crippen LogP contribution in [0.2, 0.25) is 10.0 Å². The standard InChI is InChI=1S/C18H25Cl2NOS/c1-2-3-4-5-6-7-11-16(22)21-12-13-23-18(21)14-9-8-10-15(19)17(14)20/h8-10,18H,2-7,11-13H2,1H3. The molecule has 1 saturated heterocycles. The summed E-state index contributed by atoms with van der Waals surface area (Å²) in [6, 6.07) is 5.66. The van der Waals surface area contributed by atoms with Crippen molar-refractivity contribution in [2.75, 3.05) is 12.3 Å². The number of rotatable bonds is 8. The average molecular weight is 374 g/mol. The van der Waals surface area contributed by atoms with E-state index in [0.717, 1.165) is 30.7 Å². The second kappa shape index (κ2) is 9.80. The topological polar surface area (TPSA) is 20.3 Å². The third-order valence-electron chi connectivity index (χ3n) is 4.20. The van der Waals surface area contributed by atoms with Crippen molar-refractivity contribution in [1.82, 2.24) is 4.90 Å². The molecule has 0 aliphatic carbocycles. The van der Waals surface area contributed by atoms with E-state index in [4.69, 9.17) is 23.2 Å². The summed E-state index contributed by atoms with van der Waals surface area (Å²) in [5, 5.41) is 1.14. The predicted octanol–water partition coefficient (Wildman–Crippen LogP) is 6.32. The third-order valence-corrected chi connectivity index (χ3v) is 6.28. The van der Waals surface area contributed by atoms with Crippen molar-refractivity contribution < 1.29 is 4.79 Å². The van der Waals surface area contributed by atoms with Crippen LogP contribution in [0.25, 0.3) is 0 Å². The Morgan fingerprint density at radius 1 is 1.22 bits per heavy atom. The number of carbonyl (C=O) groups is 1. The molecule has 23 heavy (non-hydrogen) atoms. The van der Waals surface area contributed by atoms with Crippen LogP contribution in [0.4, 0.5) is 0 Å². The molecule has 0 radical (unpaired) electrons. The first-order valence-electron chi connectivity index (χ1n) is 8.50. The number of amides is 1. The number of hydrogen-bond donors (Lipinski definition) is 0. The van der Waals surface area contributed by atoms with E-state index in [2.05, 4.69) is 6.92 Å². The summed E-state index contributed by atoms with van der Waals surface area (Å²) in [7, 11) is 0. The molecule has 2 nitrogen and oxygen atoms in total. The van der Waals surface area contributed by atoms with Crippen molar-refractivity contribution in [3.8, 4) is 0 Å². The van der Waals surface area contributed by atoms with Gasteiger partial charge in [0.05, 0.1) is 10.0 Å². The maximum absolute atomic E-state index is 12.6. The molecule has 2 rings (SSSR count). The van der Waals surface area contributed by atoms with E-state index in [1.807, 2.05) is 17.0 Å². The Morgan fingerprint density at radius 3 is 2.74 bits per heavy atom. The molecule has 0 aromatic heterocycles. The number of halogens is 2. The monoisotopic (exact) mass is 373 g/mol. The van der Waals surface area contributed by atoms with Gasteiger partial charge in [0.2, 0.25) is 5.91 Å². The summed E-state index contributed by atoms with van der Waals surface area (Å²) >= 11 is 14.2. The lowest BCUT2D eigenvalue weighted by atomic mass is 10.1. The maximum atomic E-state index is 12.6. The van der Waals surface area contributed by atoms with Gasteiger partial charge < -0.3 is 4.90 Å². The Labute approximate surface area is 153 Å². The van der Waals surface area contributed by atoms with Crippen molar-refractivity contribution in [3.05, 3.63) is 33.8 Å². The molecule has 0 spiro atoms. The normalized spacial score (nSPS) is 17.7. The quantitative estimate of drug-likeness (QED) is 0.497. The molecule has 1 unspecified atom stereocenters. The highest BCUT2D eigenvalue weighted by Crippen LogP contribution is 2.43. The van der Waals surface area contributed by atoms with Gasteiger partial charge in [-0.25, -0.2) is 0 Å². The van der Waals surface area contributed by atoms with Crippen molar-refractivity contribution >= 4 is 40.9 Å². The molecule has 1 atom stereocenters. The molecule has 1 amide bonds. The van der Waals surface area contributed by atoms with Crippen LogP contribution in [0.3, 0.4) is 0 Å². The van der Waals surface area contributed by atoms with Gasteiger partial charge in [0.1, 0.15) is 5.37 Å². The lowest BCUT2D eigenvalue weighted by Crippen LogP contribution is -2.30. The molecule has 1 aliphatic heterocycles. The van der Waals surface area contributed by atoms with Gasteiger partial charge in [-0.2, -0.15) is 0 Å². The fourth-order valence-electron chi connectivity index (χ4n) is 2.89. The molecule has 0 saturated carbocycles. The van der Waals surface area contributed by atoms with E-state index < -0.39 is 0 Å². The van der Waals surface area contributed by atoms with Crippen molar-refractivity contribution in [3.63, 3.8) is 0 Å². The van der Waals surface area contributed by atoms with Gasteiger partial charge in [0, 0.05) is 24.3 Å². The van der Waals surface area contributed by atoms with Crippen LogP contribution in [0.5, 0.6) is 0 Å². The fraction of sp³-hybridized carbons (Fsp3) is 0.611. The first kappa shape index (κ1) is 19.0. The SMILES string of the molecule is CCCCCCCCC(=O)N1CCSC1c1cccc(Cl)c1Cl. The van der Waals surface area contributed by atoms with Crippen molar-refractivity contribution in [2.45, 2.75) is 57.2 Å². The lowest BCUT2D eigenvalue weighted by Gasteiger charge is -2.25. The summed E-state index contributed by atoms with van der Waals surface area (Å²) in [5.74, 6) is 1.20. The van der Waals surface area contributed by atoms with Crippen LogP contribution in [-0.4, -0.2) is 23.1 Å². The molecular formula is C18H25Cl2NOS. The lowest BCUT2D eigenvalue weighted by molar-refractivity contribution is -0.131. The van der Waals surface area contributed by atoms with Gasteiger partial charge in [0.25, 0.3) is 0 Å². The van der Waals surface area contributed by atoms with Crippen LogP contribution >= 0.6 is 35.0 Å². The van der Waals surface area contributed by atoms with E-state index in [9.17, 15) is 4.79 Å². The van der Waals surface area contributed by atoms with Gasteiger partial charge in [0.15, 0.2) is 0 Å². The zero-order valence-electron chi connectivity index (χ0n) is 13.7. The highest BCUT2D eigenvalue weighted by molar-refractivity contribution is 7.99. The van der Waals surface area contributed by atoms with Gasteiger partial charge in [-0.15, -0.1) is 11.8 Å². The minimum Gasteiger partial charge on any atom is -0.326 e. The number of nitrogens with zero attached hydrogens (tertiary/aromatic N) is 1. The summed E-state index contributed by atoms with van der Waals surface area (Å²) in [6.07, 6.45) is 7.85. The number of unbranched alkanes of at least 4 members (excludes halogenated alkanes) is 5. The van der Waals surface area contributed by atoms with E-state index in [-0.39, 0.29) is 11.3 Å². The van der Waals surface area contributed by atoms with Crippen LogP contribution in [0.15, 0.2) is 18.2 Å². The predicted molar refractivity (Wildman–Crippen MR) is 101 cm³/mol. The molecular weight excluding hydrogens is 349 g/mol. The van der Waals surface area contributed by atoms with Gasteiger partial charge >= 0.3 is 0 Å². The molecule has 1 heterocycles. The second-order valence-corrected chi connectivity index (χ2v) is 7.94. The van der Waals surface area contributed by atoms with Gasteiger partial charge in [-0.3, -0.25) is 4.79 Å².